The first-order chi connectivity index (χ1) is 9.10. The van der Waals surface area contributed by atoms with Crippen LogP contribution in [0.3, 0.4) is 0 Å². The van der Waals surface area contributed by atoms with Crippen LogP contribution in [0.5, 0.6) is 0 Å². The van der Waals surface area contributed by atoms with E-state index in [1.807, 2.05) is 30.3 Å². The monoisotopic (exact) mass is 308 g/mol. The molecule has 2 aromatic carbocycles. The molecular weight excluding hydrogens is 299 g/mol. The number of nitrogen functional groups attached to an aromatic ring is 1. The van der Waals surface area contributed by atoms with Gasteiger partial charge in [-0.3, -0.25) is 0 Å². The minimum atomic E-state index is 0.652. The minimum Gasteiger partial charge on any atom is -0.399 e. The molecule has 2 nitrogen and oxygen atoms in total. The number of fused-ring (bicyclic) bond motifs is 1. The molecule has 3 aromatic rings. The van der Waals surface area contributed by atoms with Gasteiger partial charge in [0, 0.05) is 22.2 Å². The Hall–Kier alpha value is -1.29. The third-order valence-corrected chi connectivity index (χ3v) is 4.22. The van der Waals surface area contributed by atoms with Crippen molar-refractivity contribution in [3.05, 3.63) is 57.0 Å². The Morgan fingerprint density at radius 1 is 1.05 bits per heavy atom. The van der Waals surface area contributed by atoms with Crippen LogP contribution < -0.4 is 5.73 Å². The van der Waals surface area contributed by atoms with Crippen LogP contribution in [0.2, 0.25) is 10.0 Å². The third-order valence-electron chi connectivity index (χ3n) is 2.73. The van der Waals surface area contributed by atoms with Crippen molar-refractivity contribution in [2.24, 2.45) is 0 Å². The summed E-state index contributed by atoms with van der Waals surface area (Å²) in [5.74, 6) is 0. The van der Waals surface area contributed by atoms with Crippen molar-refractivity contribution < 1.29 is 0 Å². The van der Waals surface area contributed by atoms with Gasteiger partial charge in [0.15, 0.2) is 0 Å². The maximum atomic E-state index is 6.00. The number of hydrogen-bond donors (Lipinski definition) is 1. The van der Waals surface area contributed by atoms with Crippen molar-refractivity contribution in [2.75, 3.05) is 5.73 Å². The number of nitrogens with two attached hydrogens (primary N) is 1. The van der Waals surface area contributed by atoms with E-state index in [0.717, 1.165) is 27.2 Å². The zero-order chi connectivity index (χ0) is 13.4. The quantitative estimate of drug-likeness (QED) is 0.692. The van der Waals surface area contributed by atoms with E-state index < -0.39 is 0 Å². The number of hydrogen-bond acceptors (Lipinski definition) is 3. The van der Waals surface area contributed by atoms with E-state index in [4.69, 9.17) is 28.9 Å². The first-order valence-electron chi connectivity index (χ1n) is 5.70. The Kier molecular flexibility index (Phi) is 3.35. The van der Waals surface area contributed by atoms with Gasteiger partial charge in [-0.05, 0) is 42.0 Å². The summed E-state index contributed by atoms with van der Waals surface area (Å²) in [7, 11) is 0. The van der Waals surface area contributed by atoms with Crippen molar-refractivity contribution in [3.8, 4) is 0 Å². The van der Waals surface area contributed by atoms with Crippen LogP contribution in [0.1, 0.15) is 10.6 Å². The summed E-state index contributed by atoms with van der Waals surface area (Å²) in [5, 5.41) is 2.38. The van der Waals surface area contributed by atoms with Crippen molar-refractivity contribution in [2.45, 2.75) is 6.42 Å². The second-order valence-corrected chi connectivity index (χ2v) is 6.28. The summed E-state index contributed by atoms with van der Waals surface area (Å²) in [6.07, 6.45) is 0.724. The number of aromatic nitrogens is 1. The Labute approximate surface area is 124 Å². The summed E-state index contributed by atoms with van der Waals surface area (Å²) in [6, 6.07) is 11.3. The van der Waals surface area contributed by atoms with E-state index in [1.54, 1.807) is 17.4 Å². The molecule has 1 aromatic heterocycles. The molecule has 0 radical (unpaired) electrons. The number of thiazole rings is 1. The number of rotatable bonds is 2. The van der Waals surface area contributed by atoms with Gasteiger partial charge >= 0.3 is 0 Å². The molecule has 0 fully saturated rings. The molecule has 0 aliphatic heterocycles. The average Bonchev–Trinajstić information content (AvgIpc) is 2.68. The van der Waals surface area contributed by atoms with Crippen LogP contribution in [0, 0.1) is 0 Å². The summed E-state index contributed by atoms with van der Waals surface area (Å²) >= 11 is 13.6. The summed E-state index contributed by atoms with van der Waals surface area (Å²) in [6.45, 7) is 0. The highest BCUT2D eigenvalue weighted by Gasteiger charge is 2.06. The lowest BCUT2D eigenvalue weighted by molar-refractivity contribution is 1.16. The zero-order valence-corrected chi connectivity index (χ0v) is 12.2. The Bertz CT molecular complexity index is 732. The first-order valence-corrected chi connectivity index (χ1v) is 7.27. The van der Waals surface area contributed by atoms with Gasteiger partial charge in [-0.15, -0.1) is 11.3 Å². The predicted octanol–water partition coefficient (Wildman–Crippen LogP) is 4.78. The van der Waals surface area contributed by atoms with Crippen LogP contribution in [-0.4, -0.2) is 4.98 Å². The predicted molar refractivity (Wildman–Crippen MR) is 83.3 cm³/mol. The second-order valence-electron chi connectivity index (χ2n) is 4.29. The van der Waals surface area contributed by atoms with Crippen molar-refractivity contribution >= 4 is 50.4 Å². The zero-order valence-electron chi connectivity index (χ0n) is 9.86. The highest BCUT2D eigenvalue weighted by molar-refractivity contribution is 7.18. The van der Waals surface area contributed by atoms with E-state index in [-0.39, 0.29) is 0 Å². The number of halogens is 2. The van der Waals surface area contributed by atoms with Gasteiger partial charge in [-0.2, -0.15) is 0 Å². The fourth-order valence-corrected chi connectivity index (χ4v) is 3.39. The van der Waals surface area contributed by atoms with Gasteiger partial charge in [-0.1, -0.05) is 23.2 Å². The Morgan fingerprint density at radius 3 is 2.68 bits per heavy atom. The van der Waals surface area contributed by atoms with Gasteiger partial charge in [-0.25, -0.2) is 4.98 Å². The van der Waals surface area contributed by atoms with Crippen LogP contribution in [0.25, 0.3) is 10.2 Å². The summed E-state index contributed by atoms with van der Waals surface area (Å²) < 4.78 is 1.13. The average molecular weight is 309 g/mol. The largest absolute Gasteiger partial charge is 0.399 e. The maximum Gasteiger partial charge on any atom is 0.0982 e. The molecule has 0 aliphatic carbocycles. The molecule has 3 rings (SSSR count). The van der Waals surface area contributed by atoms with E-state index in [1.165, 1.54) is 0 Å². The Morgan fingerprint density at radius 2 is 1.89 bits per heavy atom. The molecule has 0 bridgehead atoms. The molecule has 0 spiro atoms. The molecular formula is C14H10Cl2N2S. The second kappa shape index (κ2) is 5.00. The van der Waals surface area contributed by atoms with Crippen LogP contribution >= 0.6 is 34.5 Å². The molecule has 0 aliphatic rings. The highest BCUT2D eigenvalue weighted by Crippen LogP contribution is 2.27. The molecule has 0 saturated carbocycles. The minimum absolute atomic E-state index is 0.652. The van der Waals surface area contributed by atoms with Crippen LogP contribution in [0.15, 0.2) is 36.4 Å². The molecule has 0 saturated heterocycles. The molecule has 19 heavy (non-hydrogen) atoms. The lowest BCUT2D eigenvalue weighted by Gasteiger charge is -2.01. The fourth-order valence-electron chi connectivity index (χ4n) is 1.98. The van der Waals surface area contributed by atoms with E-state index in [0.29, 0.717) is 15.7 Å². The van der Waals surface area contributed by atoms with Crippen LogP contribution in [0.4, 0.5) is 5.69 Å². The maximum absolute atomic E-state index is 6.00. The van der Waals surface area contributed by atoms with E-state index in [9.17, 15) is 0 Å². The summed E-state index contributed by atoms with van der Waals surface area (Å²) in [5.41, 5.74) is 8.46. The van der Waals surface area contributed by atoms with E-state index >= 15 is 0 Å². The fraction of sp³-hybridized carbons (Fsp3) is 0.0714. The SMILES string of the molecule is Nc1cc(Cl)cc(Cc2nc3cc(Cl)ccc3s2)c1. The normalized spacial score (nSPS) is 11.1. The van der Waals surface area contributed by atoms with Gasteiger partial charge in [0.25, 0.3) is 0 Å². The third kappa shape index (κ3) is 2.84. The van der Waals surface area contributed by atoms with Gasteiger partial charge in [0.2, 0.25) is 0 Å². The lowest BCUT2D eigenvalue weighted by atomic mass is 10.1. The molecule has 0 amide bonds. The number of benzene rings is 2. The van der Waals surface area contributed by atoms with Crippen molar-refractivity contribution in [1.82, 2.24) is 4.98 Å². The van der Waals surface area contributed by atoms with Crippen LogP contribution in [-0.2, 0) is 6.42 Å². The van der Waals surface area contributed by atoms with Gasteiger partial charge in [0.05, 0.1) is 15.2 Å². The van der Waals surface area contributed by atoms with E-state index in [2.05, 4.69) is 4.98 Å². The van der Waals surface area contributed by atoms with Crippen molar-refractivity contribution in [1.29, 1.82) is 0 Å². The lowest BCUT2D eigenvalue weighted by Crippen LogP contribution is -1.91. The molecule has 0 atom stereocenters. The highest BCUT2D eigenvalue weighted by atomic mass is 35.5. The smallest absolute Gasteiger partial charge is 0.0982 e. The summed E-state index contributed by atoms with van der Waals surface area (Å²) in [4.78, 5) is 4.58. The van der Waals surface area contributed by atoms with Crippen molar-refractivity contribution in [3.63, 3.8) is 0 Å². The molecule has 0 unspecified atom stereocenters. The standard InChI is InChI=1S/C14H10Cl2N2S/c15-9-1-2-13-12(7-9)18-14(19-13)5-8-3-10(16)6-11(17)4-8/h1-4,6-7H,5,17H2. The molecule has 96 valence electrons. The topological polar surface area (TPSA) is 38.9 Å². The molecule has 5 heteroatoms. The molecule has 2 N–H and O–H groups in total. The number of anilines is 1. The first kappa shape index (κ1) is 12.7. The number of nitrogens with zero attached hydrogens (tertiary/aromatic N) is 1. The van der Waals surface area contributed by atoms with Gasteiger partial charge in [0.1, 0.15) is 0 Å². The molecule has 1 heterocycles. The Balaban J connectivity index is 1.96. The van der Waals surface area contributed by atoms with Gasteiger partial charge < -0.3 is 5.73 Å².